The number of carbonyl (C=O) groups is 1. The molecule has 1 unspecified atom stereocenters. The average Bonchev–Trinajstić information content (AvgIpc) is 2.87. The number of amides is 1. The predicted octanol–water partition coefficient (Wildman–Crippen LogP) is 3.13. The van der Waals surface area contributed by atoms with Crippen molar-refractivity contribution in [1.29, 1.82) is 0 Å². The van der Waals surface area contributed by atoms with Crippen LogP contribution in [0.25, 0.3) is 11.1 Å². The monoisotopic (exact) mass is 239 g/mol. The third-order valence-corrected chi connectivity index (χ3v) is 3.07. The lowest BCUT2D eigenvalue weighted by Crippen LogP contribution is -2.12. The smallest absolute Gasteiger partial charge is 0.407 e. The van der Waals surface area contributed by atoms with E-state index in [-0.39, 0.29) is 12.2 Å². The van der Waals surface area contributed by atoms with E-state index in [9.17, 15) is 4.79 Å². The first kappa shape index (κ1) is 10.8. The van der Waals surface area contributed by atoms with Gasteiger partial charge in [-0.2, -0.15) is 0 Å². The van der Waals surface area contributed by atoms with Gasteiger partial charge in [-0.3, -0.25) is 0 Å². The molecule has 3 heteroatoms. The third kappa shape index (κ3) is 2.07. The average molecular weight is 239 g/mol. The van der Waals surface area contributed by atoms with Crippen molar-refractivity contribution in [3.63, 3.8) is 0 Å². The van der Waals surface area contributed by atoms with E-state index < -0.39 is 0 Å². The molecule has 0 aromatic heterocycles. The van der Waals surface area contributed by atoms with E-state index in [4.69, 9.17) is 4.74 Å². The molecule has 0 aliphatic carbocycles. The standard InChI is InChI=1S/C15H13NO2/c17-15-16-10-14(18-15)13-8-6-12(7-9-13)11-4-2-1-3-5-11/h1-9,14H,10H2,(H,16,17). The van der Waals surface area contributed by atoms with Crippen LogP contribution in [0.5, 0.6) is 0 Å². The van der Waals surface area contributed by atoms with Crippen LogP contribution in [0.3, 0.4) is 0 Å². The van der Waals surface area contributed by atoms with Gasteiger partial charge in [-0.15, -0.1) is 0 Å². The van der Waals surface area contributed by atoms with Gasteiger partial charge in [-0.25, -0.2) is 4.79 Å². The van der Waals surface area contributed by atoms with Gasteiger partial charge in [0.05, 0.1) is 6.54 Å². The Morgan fingerprint density at radius 1 is 0.944 bits per heavy atom. The number of cyclic esters (lactones) is 1. The molecule has 1 atom stereocenters. The van der Waals surface area contributed by atoms with Gasteiger partial charge >= 0.3 is 6.09 Å². The minimum absolute atomic E-state index is 0.165. The van der Waals surface area contributed by atoms with E-state index in [1.54, 1.807) is 0 Å². The van der Waals surface area contributed by atoms with Gasteiger partial charge in [0.2, 0.25) is 0 Å². The Balaban J connectivity index is 1.83. The Morgan fingerprint density at radius 3 is 2.22 bits per heavy atom. The Morgan fingerprint density at radius 2 is 1.61 bits per heavy atom. The summed E-state index contributed by atoms with van der Waals surface area (Å²) >= 11 is 0. The van der Waals surface area contributed by atoms with Crippen molar-refractivity contribution >= 4 is 6.09 Å². The maximum absolute atomic E-state index is 11.0. The van der Waals surface area contributed by atoms with Crippen LogP contribution < -0.4 is 5.32 Å². The fourth-order valence-electron chi connectivity index (χ4n) is 2.10. The minimum atomic E-state index is -0.341. The van der Waals surface area contributed by atoms with Gasteiger partial charge in [0, 0.05) is 0 Å². The van der Waals surface area contributed by atoms with Gasteiger partial charge in [0.1, 0.15) is 6.10 Å². The van der Waals surface area contributed by atoms with Gasteiger partial charge in [-0.05, 0) is 16.7 Å². The highest BCUT2D eigenvalue weighted by Gasteiger charge is 2.23. The molecule has 0 bridgehead atoms. The fourth-order valence-corrected chi connectivity index (χ4v) is 2.10. The Labute approximate surface area is 105 Å². The summed E-state index contributed by atoms with van der Waals surface area (Å²) < 4.78 is 5.14. The number of nitrogens with one attached hydrogen (secondary N) is 1. The summed E-state index contributed by atoms with van der Waals surface area (Å²) in [5.74, 6) is 0. The van der Waals surface area contributed by atoms with Crippen LogP contribution in [-0.2, 0) is 4.74 Å². The highest BCUT2D eigenvalue weighted by Crippen LogP contribution is 2.24. The first-order chi connectivity index (χ1) is 8.83. The molecular formula is C15H13NO2. The Kier molecular flexibility index (Phi) is 2.73. The van der Waals surface area contributed by atoms with Crippen LogP contribution in [0, 0.1) is 0 Å². The van der Waals surface area contributed by atoms with Gasteiger partial charge in [0.25, 0.3) is 0 Å². The molecule has 0 spiro atoms. The summed E-state index contributed by atoms with van der Waals surface area (Å²) in [6.45, 7) is 0.545. The van der Waals surface area contributed by atoms with Gasteiger partial charge in [0.15, 0.2) is 0 Å². The van der Waals surface area contributed by atoms with Crippen LogP contribution in [-0.4, -0.2) is 12.6 Å². The van der Waals surface area contributed by atoms with Crippen molar-refractivity contribution in [2.75, 3.05) is 6.54 Å². The number of hydrogen-bond acceptors (Lipinski definition) is 2. The second kappa shape index (κ2) is 4.53. The second-order valence-corrected chi connectivity index (χ2v) is 4.26. The van der Waals surface area contributed by atoms with Crippen molar-refractivity contribution in [2.24, 2.45) is 0 Å². The quantitative estimate of drug-likeness (QED) is 0.874. The molecule has 1 heterocycles. The summed E-state index contributed by atoms with van der Waals surface area (Å²) in [6.07, 6.45) is -0.505. The predicted molar refractivity (Wildman–Crippen MR) is 69.1 cm³/mol. The largest absolute Gasteiger partial charge is 0.439 e. The molecule has 0 saturated carbocycles. The first-order valence-corrected chi connectivity index (χ1v) is 5.93. The number of benzene rings is 2. The van der Waals surface area contributed by atoms with Crippen molar-refractivity contribution < 1.29 is 9.53 Å². The number of ether oxygens (including phenoxy) is 1. The zero-order valence-corrected chi connectivity index (χ0v) is 9.80. The topological polar surface area (TPSA) is 38.3 Å². The molecular weight excluding hydrogens is 226 g/mol. The maximum Gasteiger partial charge on any atom is 0.407 e. The van der Waals surface area contributed by atoms with Crippen molar-refractivity contribution in [2.45, 2.75) is 6.10 Å². The Hall–Kier alpha value is -2.29. The van der Waals surface area contributed by atoms with E-state index in [0.717, 1.165) is 11.1 Å². The summed E-state index contributed by atoms with van der Waals surface area (Å²) in [7, 11) is 0. The molecule has 1 aliphatic rings. The molecule has 1 aliphatic heterocycles. The molecule has 1 fully saturated rings. The summed E-state index contributed by atoms with van der Waals surface area (Å²) in [5, 5.41) is 2.65. The summed E-state index contributed by atoms with van der Waals surface area (Å²) in [6, 6.07) is 18.3. The maximum atomic E-state index is 11.0. The van der Waals surface area contributed by atoms with Crippen LogP contribution >= 0.6 is 0 Å². The SMILES string of the molecule is O=C1NCC(c2ccc(-c3ccccc3)cc2)O1. The number of rotatable bonds is 2. The molecule has 0 radical (unpaired) electrons. The van der Waals surface area contributed by atoms with E-state index in [1.807, 2.05) is 30.3 Å². The van der Waals surface area contributed by atoms with Crippen molar-refractivity contribution in [1.82, 2.24) is 5.32 Å². The lowest BCUT2D eigenvalue weighted by molar-refractivity contribution is 0.141. The normalized spacial score (nSPS) is 18.2. The molecule has 1 amide bonds. The van der Waals surface area contributed by atoms with E-state index >= 15 is 0 Å². The molecule has 18 heavy (non-hydrogen) atoms. The van der Waals surface area contributed by atoms with Gasteiger partial charge < -0.3 is 10.1 Å². The van der Waals surface area contributed by atoms with E-state index in [2.05, 4.69) is 29.6 Å². The first-order valence-electron chi connectivity index (χ1n) is 5.93. The number of hydrogen-bond donors (Lipinski definition) is 1. The van der Waals surface area contributed by atoms with Crippen molar-refractivity contribution in [3.8, 4) is 11.1 Å². The molecule has 2 aromatic carbocycles. The van der Waals surface area contributed by atoms with Crippen LogP contribution in [0.4, 0.5) is 4.79 Å². The van der Waals surface area contributed by atoms with E-state index in [0.29, 0.717) is 6.54 Å². The molecule has 3 rings (SSSR count). The lowest BCUT2D eigenvalue weighted by Gasteiger charge is -2.09. The Bertz CT molecular complexity index is 548. The second-order valence-electron chi connectivity index (χ2n) is 4.26. The number of alkyl carbamates (subject to hydrolysis) is 1. The van der Waals surface area contributed by atoms with E-state index in [1.165, 1.54) is 5.56 Å². The fraction of sp³-hybridized carbons (Fsp3) is 0.133. The van der Waals surface area contributed by atoms with Crippen LogP contribution in [0.2, 0.25) is 0 Å². The van der Waals surface area contributed by atoms with Crippen molar-refractivity contribution in [3.05, 3.63) is 60.2 Å². The molecule has 3 nitrogen and oxygen atoms in total. The summed E-state index contributed by atoms with van der Waals surface area (Å²) in [5.41, 5.74) is 3.37. The lowest BCUT2D eigenvalue weighted by atomic mass is 10.0. The minimum Gasteiger partial charge on any atom is -0.439 e. The molecule has 90 valence electrons. The highest BCUT2D eigenvalue weighted by atomic mass is 16.6. The molecule has 1 saturated heterocycles. The van der Waals surface area contributed by atoms with Crippen LogP contribution in [0.15, 0.2) is 54.6 Å². The molecule has 2 aromatic rings. The van der Waals surface area contributed by atoms with Gasteiger partial charge in [-0.1, -0.05) is 54.6 Å². The van der Waals surface area contributed by atoms with Crippen LogP contribution in [0.1, 0.15) is 11.7 Å². The zero-order valence-electron chi connectivity index (χ0n) is 9.80. The molecule has 1 N–H and O–H groups in total. The highest BCUT2D eigenvalue weighted by molar-refractivity contribution is 5.70. The summed E-state index contributed by atoms with van der Waals surface area (Å²) in [4.78, 5) is 11.0. The zero-order chi connectivity index (χ0) is 12.4. The third-order valence-electron chi connectivity index (χ3n) is 3.07. The number of carbonyl (C=O) groups excluding carboxylic acids is 1.